The van der Waals surface area contributed by atoms with Crippen LogP contribution in [0.25, 0.3) is 0 Å². The summed E-state index contributed by atoms with van der Waals surface area (Å²) >= 11 is 0. The third-order valence-electron chi connectivity index (χ3n) is 3.20. The Labute approximate surface area is 114 Å². The van der Waals surface area contributed by atoms with Gasteiger partial charge in [0, 0.05) is 13.1 Å². The fraction of sp³-hybridized carbons (Fsp3) is 0.462. The van der Waals surface area contributed by atoms with Crippen molar-refractivity contribution in [2.75, 3.05) is 26.3 Å². The molecular formula is C13H17NO4S. The number of carbonyl (C=O) groups is 1. The smallest absolute Gasteiger partial charge is 0.336 e. The highest BCUT2D eigenvalue weighted by Crippen LogP contribution is 2.19. The summed E-state index contributed by atoms with van der Waals surface area (Å²) in [5, 5.41) is 8.92. The lowest BCUT2D eigenvalue weighted by atomic mass is 10.2. The molecule has 0 saturated carbocycles. The minimum absolute atomic E-state index is 0.112. The molecule has 1 aromatic carbocycles. The van der Waals surface area contributed by atoms with Gasteiger partial charge < -0.3 is 9.84 Å². The van der Waals surface area contributed by atoms with E-state index in [1.165, 1.54) is 6.07 Å². The molecule has 1 heterocycles. The molecule has 6 heteroatoms. The number of nitrogens with zero attached hydrogens (tertiary/aromatic N) is 1. The van der Waals surface area contributed by atoms with E-state index in [-0.39, 0.29) is 10.9 Å². The highest BCUT2D eigenvalue weighted by Gasteiger charge is 2.25. The Bertz CT molecular complexity index is 485. The highest BCUT2D eigenvalue weighted by molar-refractivity contribution is 7.85. The van der Waals surface area contributed by atoms with Gasteiger partial charge in [-0.1, -0.05) is 12.1 Å². The summed E-state index contributed by atoms with van der Waals surface area (Å²) in [7, 11) is -1.37. The quantitative estimate of drug-likeness (QED) is 0.898. The first-order chi connectivity index (χ1) is 9.11. The van der Waals surface area contributed by atoms with E-state index >= 15 is 0 Å². The van der Waals surface area contributed by atoms with Crippen LogP contribution in [0.1, 0.15) is 17.3 Å². The monoisotopic (exact) mass is 283 g/mol. The Morgan fingerprint density at radius 3 is 2.63 bits per heavy atom. The fourth-order valence-electron chi connectivity index (χ4n) is 2.08. The number of carboxylic acids is 1. The maximum absolute atomic E-state index is 12.5. The first-order valence-electron chi connectivity index (χ1n) is 6.16. The van der Waals surface area contributed by atoms with Crippen molar-refractivity contribution in [3.63, 3.8) is 0 Å². The van der Waals surface area contributed by atoms with Crippen LogP contribution in [0.4, 0.5) is 0 Å². The maximum Gasteiger partial charge on any atom is 0.336 e. The second-order valence-corrected chi connectivity index (χ2v) is 6.06. The van der Waals surface area contributed by atoms with Crippen LogP contribution in [0, 0.1) is 0 Å². The number of aromatic carboxylic acids is 1. The van der Waals surface area contributed by atoms with Gasteiger partial charge >= 0.3 is 5.97 Å². The van der Waals surface area contributed by atoms with Crippen LogP contribution in [0.3, 0.4) is 0 Å². The standard InChI is InChI=1S/C13H17NO4S/c1-10(14-6-8-18-9-7-14)19(17)12-5-3-2-4-11(12)13(15)16/h2-5,10H,6-9H2,1H3,(H,15,16). The van der Waals surface area contributed by atoms with E-state index in [2.05, 4.69) is 4.90 Å². The molecule has 2 atom stereocenters. The van der Waals surface area contributed by atoms with E-state index in [4.69, 9.17) is 9.84 Å². The Morgan fingerprint density at radius 2 is 2.00 bits per heavy atom. The fourth-order valence-corrected chi connectivity index (χ4v) is 3.51. The molecule has 0 radical (unpaired) electrons. The van der Waals surface area contributed by atoms with Crippen LogP contribution in [0.2, 0.25) is 0 Å². The molecule has 5 nitrogen and oxygen atoms in total. The van der Waals surface area contributed by atoms with Gasteiger partial charge in [-0.05, 0) is 19.1 Å². The molecule has 2 rings (SSSR count). The molecule has 1 fully saturated rings. The molecule has 0 aromatic heterocycles. The molecule has 0 bridgehead atoms. The summed E-state index contributed by atoms with van der Waals surface area (Å²) in [6, 6.07) is 6.47. The van der Waals surface area contributed by atoms with E-state index in [0.717, 1.165) is 13.1 Å². The number of carboxylic acid groups (broad SMARTS) is 1. The lowest BCUT2D eigenvalue weighted by molar-refractivity contribution is 0.0343. The molecule has 0 spiro atoms. The van der Waals surface area contributed by atoms with Crippen molar-refractivity contribution in [2.45, 2.75) is 17.2 Å². The number of hydrogen-bond donors (Lipinski definition) is 1. The van der Waals surface area contributed by atoms with Crippen molar-refractivity contribution in [1.29, 1.82) is 0 Å². The summed E-state index contributed by atoms with van der Waals surface area (Å²) in [5.41, 5.74) is 0.112. The normalized spacial score (nSPS) is 19.8. The van der Waals surface area contributed by atoms with Gasteiger partial charge in [-0.2, -0.15) is 0 Å². The zero-order chi connectivity index (χ0) is 13.8. The van der Waals surface area contributed by atoms with Crippen LogP contribution < -0.4 is 0 Å². The highest BCUT2D eigenvalue weighted by atomic mass is 32.2. The maximum atomic E-state index is 12.5. The Hall–Kier alpha value is -1.24. The van der Waals surface area contributed by atoms with Crippen molar-refractivity contribution in [3.8, 4) is 0 Å². The van der Waals surface area contributed by atoms with Crippen molar-refractivity contribution in [3.05, 3.63) is 29.8 Å². The number of morpholine rings is 1. The molecule has 1 aliphatic rings. The van der Waals surface area contributed by atoms with Gasteiger partial charge in [0.05, 0.1) is 39.8 Å². The van der Waals surface area contributed by atoms with Crippen molar-refractivity contribution >= 4 is 16.8 Å². The average Bonchev–Trinajstić information content (AvgIpc) is 2.46. The van der Waals surface area contributed by atoms with Gasteiger partial charge in [0.15, 0.2) is 0 Å². The minimum Gasteiger partial charge on any atom is -0.478 e. The molecule has 0 amide bonds. The number of benzene rings is 1. The van der Waals surface area contributed by atoms with Crippen LogP contribution in [-0.2, 0) is 15.5 Å². The van der Waals surface area contributed by atoms with E-state index in [1.54, 1.807) is 18.2 Å². The summed E-state index contributed by atoms with van der Waals surface area (Å²) in [4.78, 5) is 13.6. The van der Waals surface area contributed by atoms with Gasteiger partial charge in [-0.15, -0.1) is 0 Å². The van der Waals surface area contributed by atoms with E-state index in [0.29, 0.717) is 18.1 Å². The van der Waals surface area contributed by atoms with Crippen molar-refractivity contribution in [2.24, 2.45) is 0 Å². The van der Waals surface area contributed by atoms with Crippen LogP contribution in [0.5, 0.6) is 0 Å². The molecule has 104 valence electrons. The van der Waals surface area contributed by atoms with Gasteiger partial charge in [-0.3, -0.25) is 9.11 Å². The number of rotatable bonds is 4. The average molecular weight is 283 g/mol. The third kappa shape index (κ3) is 3.20. The number of ether oxygens (including phenoxy) is 1. The molecule has 1 N–H and O–H groups in total. The lowest BCUT2D eigenvalue weighted by Crippen LogP contribution is -2.44. The molecular weight excluding hydrogens is 266 g/mol. The Kier molecular flexibility index (Phi) is 4.68. The third-order valence-corrected chi connectivity index (χ3v) is 4.91. The summed E-state index contributed by atoms with van der Waals surface area (Å²) in [5.74, 6) is -1.04. The molecule has 1 aliphatic heterocycles. The minimum atomic E-state index is -1.37. The Balaban J connectivity index is 2.21. The lowest BCUT2D eigenvalue weighted by Gasteiger charge is -2.31. The molecule has 19 heavy (non-hydrogen) atoms. The van der Waals surface area contributed by atoms with Crippen molar-refractivity contribution < 1.29 is 18.8 Å². The second-order valence-electron chi connectivity index (χ2n) is 4.35. The summed E-state index contributed by atoms with van der Waals surface area (Å²) < 4.78 is 17.8. The SMILES string of the molecule is CC(N1CCOCC1)S(=O)c1ccccc1C(=O)O. The van der Waals surface area contributed by atoms with Gasteiger partial charge in [0.25, 0.3) is 0 Å². The van der Waals surface area contributed by atoms with E-state index in [9.17, 15) is 9.00 Å². The molecule has 2 unspecified atom stereocenters. The van der Waals surface area contributed by atoms with Gasteiger partial charge in [-0.25, -0.2) is 4.79 Å². The predicted octanol–water partition coefficient (Wildman–Crippen LogP) is 1.17. The van der Waals surface area contributed by atoms with Crippen LogP contribution in [0.15, 0.2) is 29.2 Å². The first kappa shape index (κ1) is 14.2. The largest absolute Gasteiger partial charge is 0.478 e. The first-order valence-corrected chi connectivity index (χ1v) is 7.37. The van der Waals surface area contributed by atoms with Gasteiger partial charge in [0.2, 0.25) is 0 Å². The van der Waals surface area contributed by atoms with E-state index < -0.39 is 16.8 Å². The molecule has 1 aromatic rings. The summed E-state index contributed by atoms with van der Waals surface area (Å²) in [6.07, 6.45) is 0. The molecule has 0 aliphatic carbocycles. The summed E-state index contributed by atoms with van der Waals surface area (Å²) in [6.45, 7) is 4.56. The zero-order valence-electron chi connectivity index (χ0n) is 10.7. The molecule has 1 saturated heterocycles. The van der Waals surface area contributed by atoms with Crippen LogP contribution in [-0.4, -0.2) is 51.9 Å². The number of hydrogen-bond acceptors (Lipinski definition) is 4. The zero-order valence-corrected chi connectivity index (χ0v) is 11.6. The topological polar surface area (TPSA) is 66.8 Å². The predicted molar refractivity (Wildman–Crippen MR) is 71.7 cm³/mol. The van der Waals surface area contributed by atoms with Gasteiger partial charge in [0.1, 0.15) is 0 Å². The Morgan fingerprint density at radius 1 is 1.37 bits per heavy atom. The van der Waals surface area contributed by atoms with Crippen molar-refractivity contribution in [1.82, 2.24) is 4.90 Å². The van der Waals surface area contributed by atoms with Crippen LogP contribution >= 0.6 is 0 Å². The second kappa shape index (κ2) is 6.27. The van der Waals surface area contributed by atoms with E-state index in [1.807, 2.05) is 6.92 Å².